The van der Waals surface area contributed by atoms with Crippen molar-refractivity contribution in [2.24, 2.45) is 5.41 Å². The van der Waals surface area contributed by atoms with Gasteiger partial charge in [-0.2, -0.15) is 10.1 Å². The number of carbonyl (C=O) groups is 2. The first-order chi connectivity index (χ1) is 15.0. The summed E-state index contributed by atoms with van der Waals surface area (Å²) in [4.78, 5) is 37.3. The summed E-state index contributed by atoms with van der Waals surface area (Å²) in [5, 5.41) is 15.0. The lowest BCUT2D eigenvalue weighted by Crippen LogP contribution is -2.42. The summed E-state index contributed by atoms with van der Waals surface area (Å²) in [5.41, 5.74) is -0.103. The number of ether oxygens (including phenoxy) is 1. The summed E-state index contributed by atoms with van der Waals surface area (Å²) in [6.07, 6.45) is 7.34. The lowest BCUT2D eigenvalue weighted by molar-refractivity contribution is -0.136. The fourth-order valence-corrected chi connectivity index (χ4v) is 3.83. The molecule has 1 atom stereocenters. The summed E-state index contributed by atoms with van der Waals surface area (Å²) in [5.74, 6) is 0.709. The number of rotatable bonds is 7. The highest BCUT2D eigenvalue weighted by molar-refractivity contribution is 6.08. The molecule has 0 aliphatic carbocycles. The Balaban J connectivity index is 1.41. The van der Waals surface area contributed by atoms with E-state index >= 15 is 0 Å². The van der Waals surface area contributed by atoms with Crippen molar-refractivity contribution in [3.63, 3.8) is 0 Å². The normalized spacial score (nSPS) is 21.4. The summed E-state index contributed by atoms with van der Waals surface area (Å²) in [7, 11) is 0. The second-order valence-corrected chi connectivity index (χ2v) is 7.64. The van der Waals surface area contributed by atoms with Crippen LogP contribution >= 0.6 is 0 Å². The van der Waals surface area contributed by atoms with Crippen LogP contribution in [0.25, 0.3) is 0 Å². The molecule has 0 radical (unpaired) electrons. The maximum Gasteiger partial charge on any atom is 0.244 e. The molecule has 4 heterocycles. The third-order valence-corrected chi connectivity index (χ3v) is 5.83. The predicted octanol–water partition coefficient (Wildman–Crippen LogP) is 1.06. The third-order valence-electron chi connectivity index (χ3n) is 5.83. The summed E-state index contributed by atoms with van der Waals surface area (Å²) >= 11 is 0. The molecule has 31 heavy (non-hydrogen) atoms. The van der Waals surface area contributed by atoms with E-state index in [4.69, 9.17) is 10.1 Å². The number of aromatic nitrogens is 4. The van der Waals surface area contributed by atoms with Gasteiger partial charge in [0.2, 0.25) is 17.8 Å². The minimum atomic E-state index is -0.743. The van der Waals surface area contributed by atoms with Gasteiger partial charge in [-0.3, -0.25) is 19.2 Å². The first kappa shape index (κ1) is 20.9. The van der Waals surface area contributed by atoms with E-state index in [1.165, 1.54) is 6.21 Å². The molecule has 164 valence electrons. The van der Waals surface area contributed by atoms with Gasteiger partial charge in [-0.1, -0.05) is 6.92 Å². The fraction of sp³-hybridized carbons (Fsp3) is 0.500. The lowest BCUT2D eigenvalue weighted by Gasteiger charge is -2.26. The number of nitrogens with zero attached hydrogens (tertiary/aromatic N) is 6. The van der Waals surface area contributed by atoms with E-state index in [0.717, 1.165) is 0 Å². The Bertz CT molecular complexity index is 971. The summed E-state index contributed by atoms with van der Waals surface area (Å²) < 4.78 is 6.84. The fourth-order valence-electron chi connectivity index (χ4n) is 3.83. The van der Waals surface area contributed by atoms with Crippen molar-refractivity contribution in [3.8, 4) is 0 Å². The quantitative estimate of drug-likeness (QED) is 0.633. The third kappa shape index (κ3) is 4.26. The molecule has 0 aromatic carbocycles. The minimum Gasteiger partial charge on any atom is -0.378 e. The van der Waals surface area contributed by atoms with Crippen LogP contribution in [0.2, 0.25) is 0 Å². The average molecular weight is 426 g/mol. The van der Waals surface area contributed by atoms with Crippen molar-refractivity contribution in [1.82, 2.24) is 24.6 Å². The first-order valence-corrected chi connectivity index (χ1v) is 10.4. The zero-order chi connectivity index (χ0) is 21.8. The van der Waals surface area contributed by atoms with Crippen LogP contribution in [0.5, 0.6) is 0 Å². The number of morpholine rings is 1. The molecule has 0 bridgehead atoms. The van der Waals surface area contributed by atoms with Crippen molar-refractivity contribution in [2.45, 2.75) is 26.3 Å². The highest BCUT2D eigenvalue weighted by Gasteiger charge is 2.44. The van der Waals surface area contributed by atoms with Gasteiger partial charge in [-0.25, -0.2) is 4.98 Å². The van der Waals surface area contributed by atoms with Gasteiger partial charge in [0.25, 0.3) is 0 Å². The molecule has 0 unspecified atom stereocenters. The second-order valence-electron chi connectivity index (χ2n) is 7.64. The SMILES string of the molecule is CC[C@]1(C=N)CCN(c2ccnc(Nc3cnn(CC(=O)N4CCOCC4)c3)n2)C1=O. The van der Waals surface area contributed by atoms with E-state index in [1.807, 2.05) is 6.92 Å². The van der Waals surface area contributed by atoms with Crippen LogP contribution in [0.3, 0.4) is 0 Å². The van der Waals surface area contributed by atoms with Gasteiger partial charge in [0.05, 0.1) is 30.5 Å². The van der Waals surface area contributed by atoms with E-state index in [1.54, 1.807) is 39.1 Å². The van der Waals surface area contributed by atoms with Crippen LogP contribution < -0.4 is 10.2 Å². The number of carbonyl (C=O) groups excluding carboxylic acids is 2. The Morgan fingerprint density at radius 3 is 2.87 bits per heavy atom. The van der Waals surface area contributed by atoms with E-state index in [-0.39, 0.29) is 18.4 Å². The van der Waals surface area contributed by atoms with Crippen molar-refractivity contribution in [1.29, 1.82) is 5.41 Å². The summed E-state index contributed by atoms with van der Waals surface area (Å²) in [6.45, 7) is 4.89. The zero-order valence-electron chi connectivity index (χ0n) is 17.5. The molecule has 4 rings (SSSR count). The van der Waals surface area contributed by atoms with Crippen molar-refractivity contribution >= 4 is 35.5 Å². The molecule has 11 nitrogen and oxygen atoms in total. The van der Waals surface area contributed by atoms with Gasteiger partial charge in [-0.05, 0) is 18.9 Å². The molecular weight excluding hydrogens is 400 g/mol. The van der Waals surface area contributed by atoms with Crippen LogP contribution in [0.4, 0.5) is 17.5 Å². The standard InChI is InChI=1S/C20H26N8O3/c1-2-20(14-21)4-6-28(18(20)30)16-3-5-22-19(25-16)24-15-11-23-27(12-15)13-17(29)26-7-9-31-10-8-26/h3,5,11-12,14,21H,2,4,6-10,13H2,1H3,(H,22,24,25)/t20-/m1/s1. The number of hydrogen-bond acceptors (Lipinski definition) is 8. The predicted molar refractivity (Wildman–Crippen MR) is 113 cm³/mol. The maximum absolute atomic E-state index is 12.8. The smallest absolute Gasteiger partial charge is 0.244 e. The molecule has 0 spiro atoms. The number of amides is 2. The van der Waals surface area contributed by atoms with E-state index in [9.17, 15) is 9.59 Å². The molecule has 2 amide bonds. The minimum absolute atomic E-state index is 0.00523. The highest BCUT2D eigenvalue weighted by Crippen LogP contribution is 2.35. The lowest BCUT2D eigenvalue weighted by atomic mass is 9.85. The first-order valence-electron chi connectivity index (χ1n) is 10.4. The van der Waals surface area contributed by atoms with Gasteiger partial charge in [0, 0.05) is 38.2 Å². The van der Waals surface area contributed by atoms with Crippen molar-refractivity contribution in [3.05, 3.63) is 24.7 Å². The summed E-state index contributed by atoms with van der Waals surface area (Å²) in [6, 6.07) is 1.68. The van der Waals surface area contributed by atoms with Crippen LogP contribution in [-0.2, 0) is 20.9 Å². The molecule has 2 aliphatic heterocycles. The van der Waals surface area contributed by atoms with Gasteiger partial charge < -0.3 is 20.4 Å². The Hall–Kier alpha value is -3.34. The average Bonchev–Trinajstić information content (AvgIpc) is 3.38. The van der Waals surface area contributed by atoms with Crippen LogP contribution in [0.15, 0.2) is 24.7 Å². The zero-order valence-corrected chi connectivity index (χ0v) is 17.5. The topological polar surface area (TPSA) is 129 Å². The van der Waals surface area contributed by atoms with Crippen molar-refractivity contribution in [2.75, 3.05) is 43.1 Å². The molecule has 11 heteroatoms. The number of anilines is 3. The molecule has 0 saturated carbocycles. The van der Waals surface area contributed by atoms with E-state index in [2.05, 4.69) is 20.4 Å². The Labute approximate surface area is 179 Å². The van der Waals surface area contributed by atoms with Crippen LogP contribution in [0, 0.1) is 10.8 Å². The van der Waals surface area contributed by atoms with E-state index < -0.39 is 5.41 Å². The molecule has 2 N–H and O–H groups in total. The number of hydrogen-bond donors (Lipinski definition) is 2. The highest BCUT2D eigenvalue weighted by atomic mass is 16.5. The van der Waals surface area contributed by atoms with Gasteiger partial charge in [-0.15, -0.1) is 0 Å². The van der Waals surface area contributed by atoms with Gasteiger partial charge >= 0.3 is 0 Å². The van der Waals surface area contributed by atoms with Crippen LogP contribution in [-0.4, -0.2) is 75.5 Å². The molecule has 2 aliphatic rings. The Morgan fingerprint density at radius 2 is 2.16 bits per heavy atom. The molecule has 2 aromatic heterocycles. The second kappa shape index (κ2) is 8.80. The largest absolute Gasteiger partial charge is 0.378 e. The van der Waals surface area contributed by atoms with Gasteiger partial charge in [0.15, 0.2) is 0 Å². The van der Waals surface area contributed by atoms with Crippen molar-refractivity contribution < 1.29 is 14.3 Å². The monoisotopic (exact) mass is 426 g/mol. The Kier molecular flexibility index (Phi) is 5.94. The van der Waals surface area contributed by atoms with E-state index in [0.29, 0.717) is 63.1 Å². The molecule has 2 aromatic rings. The van der Waals surface area contributed by atoms with Crippen LogP contribution in [0.1, 0.15) is 19.8 Å². The maximum atomic E-state index is 12.8. The molecule has 2 saturated heterocycles. The molecule has 2 fully saturated rings. The van der Waals surface area contributed by atoms with Gasteiger partial charge in [0.1, 0.15) is 12.4 Å². The number of nitrogens with one attached hydrogen (secondary N) is 2. The molecular formula is C20H26N8O3. The Morgan fingerprint density at radius 1 is 1.35 bits per heavy atom.